The highest BCUT2D eigenvalue weighted by Crippen LogP contribution is 2.60. The van der Waals surface area contributed by atoms with E-state index >= 15 is 0 Å². The molecule has 0 radical (unpaired) electrons. The molecular formula is C58H76O8P2. The van der Waals surface area contributed by atoms with Crippen LogP contribution < -0.4 is 27.6 Å². The zero-order valence-electron chi connectivity index (χ0n) is 44.9. The molecule has 68 heavy (non-hydrogen) atoms. The fourth-order valence-electron chi connectivity index (χ4n) is 8.73. The number of hydrogen-bond acceptors (Lipinski definition) is 8. The summed E-state index contributed by atoms with van der Waals surface area (Å²) in [5.74, 6) is 3.87. The summed E-state index contributed by atoms with van der Waals surface area (Å²) in [6.45, 7) is 43.9. The molecular weight excluding hydrogens is 887 g/mol. The average molecular weight is 963 g/mol. The van der Waals surface area contributed by atoms with Crippen LogP contribution >= 0.6 is 16.8 Å². The molecule has 0 fully saturated rings. The first-order valence-electron chi connectivity index (χ1n) is 23.8. The molecule has 0 amide bonds. The molecule has 7 rings (SSSR count). The topological polar surface area (TPSA) is 81.7 Å². The Morgan fingerprint density at radius 3 is 1.21 bits per heavy atom. The summed E-state index contributed by atoms with van der Waals surface area (Å²) in [5, 5.41) is 1.97. The van der Waals surface area contributed by atoms with Gasteiger partial charge in [0.1, 0.15) is 34.2 Å². The first-order chi connectivity index (χ1) is 31.2. The van der Waals surface area contributed by atoms with Crippen LogP contribution in [0.2, 0.25) is 0 Å². The van der Waals surface area contributed by atoms with Crippen LogP contribution in [0.3, 0.4) is 0 Å². The van der Waals surface area contributed by atoms with Crippen molar-refractivity contribution in [1.82, 2.24) is 0 Å². The molecule has 0 N–H and O–H groups in total. The summed E-state index contributed by atoms with van der Waals surface area (Å²) in [4.78, 5) is 0. The SMILES string of the molecule is COc1cc(-c2cc(OC)cc(C(C)(C)C)c2Op2oc3c(C(C)(C)C)cc(C)cc3c3cc(C)cc(C(C)(C)C)c3o2)c(OP2Oc3cc(C(C)(C)C)cc(C(C)(C)C)c3O2)c(C(C)(C)C)c1. The van der Waals surface area contributed by atoms with Crippen molar-refractivity contribution in [2.45, 2.75) is 171 Å². The molecule has 8 nitrogen and oxygen atoms in total. The van der Waals surface area contributed by atoms with E-state index < -0.39 is 27.7 Å². The quantitative estimate of drug-likeness (QED) is 0.146. The van der Waals surface area contributed by atoms with Crippen molar-refractivity contribution >= 4 is 38.8 Å². The minimum Gasteiger partial charge on any atom is -0.497 e. The van der Waals surface area contributed by atoms with E-state index in [1.54, 1.807) is 14.2 Å². The van der Waals surface area contributed by atoms with Gasteiger partial charge in [-0.05, 0) is 105 Å². The van der Waals surface area contributed by atoms with Crippen LogP contribution in [0.5, 0.6) is 34.5 Å². The highest BCUT2D eigenvalue weighted by molar-refractivity contribution is 7.43. The minimum absolute atomic E-state index is 0.113. The Bertz CT molecular complexity index is 2870. The van der Waals surface area contributed by atoms with Gasteiger partial charge >= 0.3 is 16.8 Å². The minimum atomic E-state index is -2.16. The van der Waals surface area contributed by atoms with E-state index in [4.69, 9.17) is 36.0 Å². The lowest BCUT2D eigenvalue weighted by atomic mass is 9.80. The van der Waals surface area contributed by atoms with Crippen molar-refractivity contribution in [2.75, 3.05) is 14.2 Å². The molecule has 1 atom stereocenters. The molecule has 2 heterocycles. The summed E-state index contributed by atoms with van der Waals surface area (Å²) in [6.07, 6.45) is 0. The van der Waals surface area contributed by atoms with Crippen LogP contribution in [-0.4, -0.2) is 14.2 Å². The maximum atomic E-state index is 7.47. The van der Waals surface area contributed by atoms with Gasteiger partial charge in [-0.25, -0.2) is 0 Å². The van der Waals surface area contributed by atoms with Gasteiger partial charge < -0.3 is 36.0 Å². The molecule has 0 spiro atoms. The van der Waals surface area contributed by atoms with Gasteiger partial charge in [-0.3, -0.25) is 0 Å². The Labute approximate surface area is 409 Å². The third kappa shape index (κ3) is 10.2. The van der Waals surface area contributed by atoms with Crippen molar-refractivity contribution in [3.63, 3.8) is 0 Å². The summed E-state index contributed by atoms with van der Waals surface area (Å²) in [7, 11) is -0.745. The number of fused-ring (bicyclic) bond motifs is 4. The zero-order chi connectivity index (χ0) is 50.4. The third-order valence-electron chi connectivity index (χ3n) is 12.6. The normalized spacial score (nSPS) is 14.7. The summed E-state index contributed by atoms with van der Waals surface area (Å²) in [6, 6.07) is 21.3. The molecule has 1 unspecified atom stereocenters. The molecule has 5 aromatic carbocycles. The molecule has 1 aliphatic rings. The van der Waals surface area contributed by atoms with Gasteiger partial charge in [0.25, 0.3) is 0 Å². The van der Waals surface area contributed by atoms with Gasteiger partial charge in [0, 0.05) is 49.7 Å². The second-order valence-electron chi connectivity index (χ2n) is 24.8. The summed E-state index contributed by atoms with van der Waals surface area (Å²) in [5.41, 5.74) is 9.71. The van der Waals surface area contributed by atoms with E-state index in [0.717, 1.165) is 60.9 Å². The largest absolute Gasteiger partial charge is 0.530 e. The lowest BCUT2D eigenvalue weighted by molar-refractivity contribution is 0.404. The number of rotatable bonds is 7. The molecule has 366 valence electrons. The molecule has 1 aliphatic heterocycles. The van der Waals surface area contributed by atoms with Crippen LogP contribution in [0, 0.1) is 13.8 Å². The number of benzene rings is 5. The van der Waals surface area contributed by atoms with Gasteiger partial charge in [-0.1, -0.05) is 143 Å². The van der Waals surface area contributed by atoms with E-state index in [1.165, 1.54) is 5.56 Å². The number of methoxy groups -OCH3 is 2. The molecule has 1 aromatic heterocycles. The first-order valence-corrected chi connectivity index (χ1v) is 26.0. The molecule has 0 bridgehead atoms. The lowest BCUT2D eigenvalue weighted by Gasteiger charge is -2.28. The van der Waals surface area contributed by atoms with Crippen LogP contribution in [0.4, 0.5) is 0 Å². The molecule has 6 aromatic rings. The van der Waals surface area contributed by atoms with E-state index in [2.05, 4.69) is 181 Å². The fraction of sp³-hybridized carbons (Fsp3) is 0.483. The van der Waals surface area contributed by atoms with Gasteiger partial charge in [0.2, 0.25) is 0 Å². The standard InChI is InChI=1S/C58H76O8P2/c1-33-23-38-39-24-34(2)26-43(55(9,10)11)49(39)64-68(63-48(38)42(25-33)54(6,7)8)65-51-41(30-37(60-22)32-46(51)58(18,19)20)40-29-36(59-21)31-45(57(15,16)17)50(40)62-67-61-47-28-35(53(3,4)5)27-44(52(47)66-67)56(12,13)14/h23-32H,1-22H3. The monoisotopic (exact) mass is 963 g/mol. The third-order valence-corrected chi connectivity index (χ3v) is 14.6. The predicted molar refractivity (Wildman–Crippen MR) is 284 cm³/mol. The van der Waals surface area contributed by atoms with Crippen molar-refractivity contribution in [2.24, 2.45) is 0 Å². The van der Waals surface area contributed by atoms with Crippen molar-refractivity contribution < 1.29 is 36.0 Å². The fourth-order valence-corrected chi connectivity index (χ4v) is 11.0. The zero-order valence-corrected chi connectivity index (χ0v) is 46.7. The number of hydrogen-bond donors (Lipinski definition) is 0. The molecule has 0 aliphatic carbocycles. The number of aryl methyl sites for hydroxylation is 2. The Kier molecular flexibility index (Phi) is 13.2. The summed E-state index contributed by atoms with van der Waals surface area (Å²) < 4.78 is 54.9. The lowest BCUT2D eigenvalue weighted by Crippen LogP contribution is -2.16. The van der Waals surface area contributed by atoms with Crippen molar-refractivity contribution in [3.8, 4) is 45.6 Å². The Balaban J connectivity index is 1.56. The maximum absolute atomic E-state index is 7.47. The molecule has 0 saturated carbocycles. The Hall–Kier alpha value is -4.77. The average Bonchev–Trinajstić information content (AvgIpc) is 3.54. The van der Waals surface area contributed by atoms with Crippen LogP contribution in [0.1, 0.15) is 169 Å². The number of ether oxygens (including phenoxy) is 2. The van der Waals surface area contributed by atoms with Gasteiger partial charge in [-0.15, -0.1) is 0 Å². The van der Waals surface area contributed by atoms with Crippen LogP contribution in [0.25, 0.3) is 33.1 Å². The Morgan fingerprint density at radius 2 is 0.824 bits per heavy atom. The van der Waals surface area contributed by atoms with Crippen LogP contribution in [0.15, 0.2) is 69.1 Å². The Morgan fingerprint density at radius 1 is 0.412 bits per heavy atom. The second-order valence-corrected chi connectivity index (χ2v) is 26.8. The van der Waals surface area contributed by atoms with Crippen molar-refractivity contribution in [1.29, 1.82) is 0 Å². The van der Waals surface area contributed by atoms with Gasteiger partial charge in [0.15, 0.2) is 11.5 Å². The summed E-state index contributed by atoms with van der Waals surface area (Å²) >= 11 is 0. The van der Waals surface area contributed by atoms with E-state index in [1.807, 2.05) is 18.2 Å². The van der Waals surface area contributed by atoms with E-state index in [-0.39, 0.29) is 21.7 Å². The van der Waals surface area contributed by atoms with Crippen molar-refractivity contribution in [3.05, 3.63) is 105 Å². The van der Waals surface area contributed by atoms with Gasteiger partial charge in [0.05, 0.1) is 14.2 Å². The van der Waals surface area contributed by atoms with Crippen LogP contribution in [-0.2, 0) is 32.5 Å². The molecule has 0 saturated heterocycles. The highest BCUT2D eigenvalue weighted by atomic mass is 31.2. The first kappa shape index (κ1) is 51.1. The van der Waals surface area contributed by atoms with Gasteiger partial charge in [-0.2, -0.15) is 0 Å². The second kappa shape index (κ2) is 17.6. The smallest absolute Gasteiger partial charge is 0.497 e. The predicted octanol–water partition coefficient (Wildman–Crippen LogP) is 18.3. The van der Waals surface area contributed by atoms with E-state index in [0.29, 0.717) is 45.6 Å². The maximum Gasteiger partial charge on any atom is 0.530 e. The highest BCUT2D eigenvalue weighted by Gasteiger charge is 2.40. The molecule has 10 heteroatoms. The van der Waals surface area contributed by atoms with E-state index in [9.17, 15) is 0 Å².